The van der Waals surface area contributed by atoms with Crippen molar-refractivity contribution in [1.82, 2.24) is 0 Å². The molecule has 0 atom stereocenters. The van der Waals surface area contributed by atoms with Gasteiger partial charge in [-0.15, -0.1) is 0 Å². The lowest BCUT2D eigenvalue weighted by molar-refractivity contribution is -0.112. The van der Waals surface area contributed by atoms with Crippen LogP contribution in [0.3, 0.4) is 0 Å². The van der Waals surface area contributed by atoms with Gasteiger partial charge in [0.1, 0.15) is 29.8 Å². The van der Waals surface area contributed by atoms with Crippen LogP contribution in [-0.2, 0) is 11.4 Å². The number of nitrogens with zero attached hydrogens (tertiary/aromatic N) is 1. The van der Waals surface area contributed by atoms with E-state index in [4.69, 9.17) is 4.74 Å². The number of hydrogen-bond donors (Lipinski definition) is 1. The summed E-state index contributed by atoms with van der Waals surface area (Å²) < 4.78 is 19.2. The average Bonchev–Trinajstić information content (AvgIpc) is 2.74. The molecule has 144 valence electrons. The summed E-state index contributed by atoms with van der Waals surface area (Å²) in [5.41, 5.74) is 2.72. The molecule has 0 heterocycles. The van der Waals surface area contributed by atoms with Crippen LogP contribution < -0.4 is 10.1 Å². The SMILES string of the molecule is Cc1ccccc1NC(=O)C(C#N)=Cc1ccc(OCc2ccccc2F)cc1. The molecule has 0 aliphatic heterocycles. The number of rotatable bonds is 6. The van der Waals surface area contributed by atoms with Crippen LogP contribution in [-0.4, -0.2) is 5.91 Å². The van der Waals surface area contributed by atoms with Gasteiger partial charge in [-0.2, -0.15) is 5.26 Å². The van der Waals surface area contributed by atoms with E-state index in [0.29, 0.717) is 22.6 Å². The van der Waals surface area contributed by atoms with Crippen LogP contribution in [0, 0.1) is 24.1 Å². The molecule has 1 amide bonds. The molecule has 0 radical (unpaired) electrons. The Morgan fingerprint density at radius 2 is 1.76 bits per heavy atom. The second-order valence-corrected chi connectivity index (χ2v) is 6.39. The lowest BCUT2D eigenvalue weighted by atomic mass is 10.1. The molecule has 4 nitrogen and oxygen atoms in total. The minimum absolute atomic E-state index is 0.00622. The molecule has 0 fully saturated rings. The molecular weight excluding hydrogens is 367 g/mol. The number of benzene rings is 3. The van der Waals surface area contributed by atoms with Gasteiger partial charge >= 0.3 is 0 Å². The number of amides is 1. The normalized spacial score (nSPS) is 10.9. The summed E-state index contributed by atoms with van der Waals surface area (Å²) in [6.45, 7) is 2.00. The number of halogens is 1. The fourth-order valence-electron chi connectivity index (χ4n) is 2.65. The predicted molar refractivity (Wildman–Crippen MR) is 111 cm³/mol. The van der Waals surface area contributed by atoms with Gasteiger partial charge in [-0.1, -0.05) is 48.5 Å². The third-order valence-electron chi connectivity index (χ3n) is 4.30. The molecule has 0 aromatic heterocycles. The standard InChI is InChI=1S/C24H19FN2O2/c1-17-6-2-5-9-23(17)27-24(28)20(15-26)14-18-10-12-21(13-11-18)29-16-19-7-3-4-8-22(19)25/h2-14H,16H2,1H3,(H,27,28). The summed E-state index contributed by atoms with van der Waals surface area (Å²) in [6, 6.07) is 22.6. The number of nitriles is 1. The highest BCUT2D eigenvalue weighted by Crippen LogP contribution is 2.18. The summed E-state index contributed by atoms with van der Waals surface area (Å²) >= 11 is 0. The van der Waals surface area contributed by atoms with Gasteiger partial charge in [0, 0.05) is 11.3 Å². The van der Waals surface area contributed by atoms with E-state index in [2.05, 4.69) is 5.32 Å². The molecule has 3 aromatic rings. The number of nitrogens with one attached hydrogen (secondary N) is 1. The zero-order valence-corrected chi connectivity index (χ0v) is 15.9. The van der Waals surface area contributed by atoms with Crippen molar-refractivity contribution in [2.75, 3.05) is 5.32 Å². The molecule has 5 heteroatoms. The van der Waals surface area contributed by atoms with Crippen LogP contribution in [0.5, 0.6) is 5.75 Å². The van der Waals surface area contributed by atoms with Gasteiger partial charge in [0.15, 0.2) is 0 Å². The van der Waals surface area contributed by atoms with Crippen LogP contribution in [0.25, 0.3) is 6.08 Å². The van der Waals surface area contributed by atoms with Gasteiger partial charge < -0.3 is 10.1 Å². The Morgan fingerprint density at radius 1 is 1.07 bits per heavy atom. The Morgan fingerprint density at radius 3 is 2.45 bits per heavy atom. The third-order valence-corrected chi connectivity index (χ3v) is 4.30. The van der Waals surface area contributed by atoms with E-state index in [1.165, 1.54) is 12.1 Å². The van der Waals surface area contributed by atoms with Crippen LogP contribution in [0.2, 0.25) is 0 Å². The predicted octanol–water partition coefficient (Wildman–Crippen LogP) is 5.26. The second kappa shape index (κ2) is 9.34. The highest BCUT2D eigenvalue weighted by Gasteiger charge is 2.10. The summed E-state index contributed by atoms with van der Waals surface area (Å²) in [6.07, 6.45) is 1.51. The van der Waals surface area contributed by atoms with Gasteiger partial charge in [0.25, 0.3) is 5.91 Å². The van der Waals surface area contributed by atoms with Gasteiger partial charge in [0.2, 0.25) is 0 Å². The van der Waals surface area contributed by atoms with Crippen LogP contribution in [0.1, 0.15) is 16.7 Å². The molecular formula is C24H19FN2O2. The molecule has 3 aromatic carbocycles. The summed E-state index contributed by atoms with van der Waals surface area (Å²) in [5.74, 6) is -0.222. The van der Waals surface area contributed by atoms with Crippen molar-refractivity contribution >= 4 is 17.7 Å². The molecule has 0 saturated carbocycles. The molecule has 1 N–H and O–H groups in total. The number of hydrogen-bond acceptors (Lipinski definition) is 3. The largest absolute Gasteiger partial charge is 0.489 e. The monoisotopic (exact) mass is 386 g/mol. The first-order valence-corrected chi connectivity index (χ1v) is 9.02. The average molecular weight is 386 g/mol. The maximum absolute atomic E-state index is 13.6. The molecule has 0 aliphatic carbocycles. The van der Waals surface area contributed by atoms with Gasteiger partial charge in [-0.25, -0.2) is 4.39 Å². The Balaban J connectivity index is 1.67. The van der Waals surface area contributed by atoms with Crippen LogP contribution >= 0.6 is 0 Å². The zero-order chi connectivity index (χ0) is 20.6. The topological polar surface area (TPSA) is 62.1 Å². The van der Waals surface area contributed by atoms with E-state index in [-0.39, 0.29) is 18.0 Å². The maximum atomic E-state index is 13.6. The third kappa shape index (κ3) is 5.30. The highest BCUT2D eigenvalue weighted by molar-refractivity contribution is 6.09. The Hall–Kier alpha value is -3.91. The van der Waals surface area contributed by atoms with E-state index >= 15 is 0 Å². The summed E-state index contributed by atoms with van der Waals surface area (Å²) in [5, 5.41) is 12.1. The highest BCUT2D eigenvalue weighted by atomic mass is 19.1. The first-order valence-electron chi connectivity index (χ1n) is 9.02. The molecule has 0 bridgehead atoms. The van der Waals surface area contributed by atoms with E-state index < -0.39 is 5.91 Å². The fraction of sp³-hybridized carbons (Fsp3) is 0.0833. The van der Waals surface area contributed by atoms with Crippen LogP contribution in [0.4, 0.5) is 10.1 Å². The Bertz CT molecular complexity index is 1080. The minimum Gasteiger partial charge on any atom is -0.489 e. The number of para-hydroxylation sites is 1. The van der Waals surface area contributed by atoms with E-state index in [1.54, 1.807) is 48.5 Å². The summed E-state index contributed by atoms with van der Waals surface area (Å²) in [7, 11) is 0. The summed E-state index contributed by atoms with van der Waals surface area (Å²) in [4.78, 5) is 12.4. The van der Waals surface area contributed by atoms with Crippen molar-refractivity contribution in [2.45, 2.75) is 13.5 Å². The first kappa shape index (κ1) is 19.8. The minimum atomic E-state index is -0.471. The lowest BCUT2D eigenvalue weighted by Crippen LogP contribution is -2.14. The number of aryl methyl sites for hydroxylation is 1. The zero-order valence-electron chi connectivity index (χ0n) is 15.9. The molecule has 0 aliphatic rings. The number of anilines is 1. The lowest BCUT2D eigenvalue weighted by Gasteiger charge is -2.08. The first-order chi connectivity index (χ1) is 14.1. The van der Waals surface area contributed by atoms with Crippen molar-refractivity contribution in [3.8, 4) is 11.8 Å². The molecule has 0 unspecified atom stereocenters. The van der Waals surface area contributed by atoms with Crippen molar-refractivity contribution in [3.05, 3.63) is 101 Å². The van der Waals surface area contributed by atoms with Crippen molar-refractivity contribution in [1.29, 1.82) is 5.26 Å². The van der Waals surface area contributed by atoms with Gasteiger partial charge in [-0.3, -0.25) is 4.79 Å². The Labute approximate surface area is 168 Å². The van der Waals surface area contributed by atoms with Crippen molar-refractivity contribution < 1.29 is 13.9 Å². The number of carbonyl (C=O) groups excluding carboxylic acids is 1. The number of carbonyl (C=O) groups is 1. The van der Waals surface area contributed by atoms with Crippen LogP contribution in [0.15, 0.2) is 78.4 Å². The quantitative estimate of drug-likeness (QED) is 0.464. The van der Waals surface area contributed by atoms with Gasteiger partial charge in [-0.05, 0) is 48.4 Å². The van der Waals surface area contributed by atoms with E-state index in [9.17, 15) is 14.4 Å². The van der Waals surface area contributed by atoms with E-state index in [1.807, 2.05) is 31.2 Å². The Kier molecular flexibility index (Phi) is 6.39. The molecule has 0 saturated heterocycles. The smallest absolute Gasteiger partial charge is 0.266 e. The fourth-order valence-corrected chi connectivity index (χ4v) is 2.65. The number of ether oxygens (including phenoxy) is 1. The molecule has 3 rings (SSSR count). The van der Waals surface area contributed by atoms with Gasteiger partial charge in [0.05, 0.1) is 0 Å². The molecule has 29 heavy (non-hydrogen) atoms. The maximum Gasteiger partial charge on any atom is 0.266 e. The van der Waals surface area contributed by atoms with E-state index in [0.717, 1.165) is 5.56 Å². The van der Waals surface area contributed by atoms with Crippen molar-refractivity contribution in [2.24, 2.45) is 0 Å². The second-order valence-electron chi connectivity index (χ2n) is 6.39. The van der Waals surface area contributed by atoms with Crippen molar-refractivity contribution in [3.63, 3.8) is 0 Å². The molecule has 0 spiro atoms.